The zero-order valence-electron chi connectivity index (χ0n) is 13.8. The van der Waals surface area contributed by atoms with Gasteiger partial charge in [0.15, 0.2) is 0 Å². The van der Waals surface area contributed by atoms with Gasteiger partial charge in [0.2, 0.25) is 5.91 Å². The van der Waals surface area contributed by atoms with Gasteiger partial charge in [-0.25, -0.2) is 4.39 Å². The average Bonchev–Trinajstić information content (AvgIpc) is 2.61. The van der Waals surface area contributed by atoms with Crippen molar-refractivity contribution in [3.8, 4) is 0 Å². The summed E-state index contributed by atoms with van der Waals surface area (Å²) in [5, 5.41) is 3.30. The maximum atomic E-state index is 13.5. The molecular weight excluding hydrogens is 407 g/mol. The topological polar surface area (TPSA) is 32.3 Å². The first-order valence-corrected chi connectivity index (χ1v) is 8.93. The number of carbonyl (C=O) groups excluding carboxylic acids is 1. The highest BCUT2D eigenvalue weighted by molar-refractivity contribution is 9.10. The number of aryl methyl sites for hydroxylation is 1. The van der Waals surface area contributed by atoms with Gasteiger partial charge < -0.3 is 10.2 Å². The summed E-state index contributed by atoms with van der Waals surface area (Å²) in [5.41, 5.74) is 1.99. The first-order valence-electron chi connectivity index (χ1n) is 8.13. The standard InChI is InChI=1S/C19H20BrFN2O.ClH/c20-16-7-4-14(5-8-16)6-9-19(24)23-11-10-22-13-18(23)15-2-1-3-17(21)12-15;/h1-5,7-8,12,18,22H,6,9-11,13H2;1H. The Labute approximate surface area is 162 Å². The molecule has 0 aromatic heterocycles. The minimum Gasteiger partial charge on any atom is -0.333 e. The van der Waals surface area contributed by atoms with Crippen LogP contribution >= 0.6 is 28.3 Å². The quantitative estimate of drug-likeness (QED) is 0.796. The van der Waals surface area contributed by atoms with E-state index in [2.05, 4.69) is 21.2 Å². The maximum absolute atomic E-state index is 13.5. The summed E-state index contributed by atoms with van der Waals surface area (Å²) in [6.07, 6.45) is 1.18. The molecular formula is C19H21BrClFN2O. The summed E-state index contributed by atoms with van der Waals surface area (Å²) in [4.78, 5) is 14.6. The Hall–Kier alpha value is -1.43. The Balaban J connectivity index is 0.00000225. The van der Waals surface area contributed by atoms with Gasteiger partial charge >= 0.3 is 0 Å². The molecule has 134 valence electrons. The fourth-order valence-electron chi connectivity index (χ4n) is 3.06. The molecule has 1 saturated heterocycles. The van der Waals surface area contributed by atoms with Gasteiger partial charge in [-0.3, -0.25) is 4.79 Å². The molecule has 25 heavy (non-hydrogen) atoms. The summed E-state index contributed by atoms with van der Waals surface area (Å²) >= 11 is 3.41. The van der Waals surface area contributed by atoms with E-state index in [1.165, 1.54) is 12.1 Å². The van der Waals surface area contributed by atoms with Crippen molar-refractivity contribution in [2.75, 3.05) is 19.6 Å². The summed E-state index contributed by atoms with van der Waals surface area (Å²) in [7, 11) is 0. The number of halogens is 3. The van der Waals surface area contributed by atoms with Crippen LogP contribution in [0, 0.1) is 5.82 Å². The number of benzene rings is 2. The molecule has 1 aliphatic heterocycles. The van der Waals surface area contributed by atoms with Crippen molar-refractivity contribution < 1.29 is 9.18 Å². The van der Waals surface area contributed by atoms with Gasteiger partial charge in [-0.2, -0.15) is 0 Å². The Bertz CT molecular complexity index is 711. The van der Waals surface area contributed by atoms with Gasteiger partial charge in [-0.15, -0.1) is 12.4 Å². The second kappa shape index (κ2) is 9.32. The van der Waals surface area contributed by atoms with Crippen LogP contribution in [0.5, 0.6) is 0 Å². The Kier molecular flexibility index (Phi) is 7.41. The summed E-state index contributed by atoms with van der Waals surface area (Å²) in [6, 6.07) is 14.5. The highest BCUT2D eigenvalue weighted by Crippen LogP contribution is 2.24. The predicted octanol–water partition coefficient (Wildman–Crippen LogP) is 4.12. The first-order chi connectivity index (χ1) is 11.6. The highest BCUT2D eigenvalue weighted by Gasteiger charge is 2.27. The van der Waals surface area contributed by atoms with Crippen LogP contribution in [-0.4, -0.2) is 30.4 Å². The van der Waals surface area contributed by atoms with Gasteiger partial charge in [0, 0.05) is 30.5 Å². The van der Waals surface area contributed by atoms with Gasteiger partial charge in [0.05, 0.1) is 6.04 Å². The molecule has 6 heteroatoms. The van der Waals surface area contributed by atoms with E-state index < -0.39 is 0 Å². The molecule has 0 radical (unpaired) electrons. The molecule has 0 aliphatic carbocycles. The number of amides is 1. The second-order valence-corrected chi connectivity index (χ2v) is 6.90. The van der Waals surface area contributed by atoms with Crippen LogP contribution in [0.15, 0.2) is 53.0 Å². The minimum absolute atomic E-state index is 0. The van der Waals surface area contributed by atoms with Crippen molar-refractivity contribution >= 4 is 34.2 Å². The molecule has 3 rings (SSSR count). The monoisotopic (exact) mass is 426 g/mol. The van der Waals surface area contributed by atoms with Crippen molar-refractivity contribution in [3.05, 3.63) is 69.9 Å². The lowest BCUT2D eigenvalue weighted by Gasteiger charge is -2.36. The number of nitrogens with zero attached hydrogens (tertiary/aromatic N) is 1. The molecule has 1 unspecified atom stereocenters. The summed E-state index contributed by atoms with van der Waals surface area (Å²) in [6.45, 7) is 2.09. The third-order valence-electron chi connectivity index (χ3n) is 4.34. The molecule has 2 aromatic carbocycles. The highest BCUT2D eigenvalue weighted by atomic mass is 79.9. The molecule has 0 saturated carbocycles. The van der Waals surface area contributed by atoms with Crippen LogP contribution in [0.25, 0.3) is 0 Å². The maximum Gasteiger partial charge on any atom is 0.223 e. The Morgan fingerprint density at radius 3 is 2.72 bits per heavy atom. The molecule has 0 spiro atoms. The zero-order chi connectivity index (χ0) is 16.9. The minimum atomic E-state index is -0.264. The average molecular weight is 428 g/mol. The molecule has 1 atom stereocenters. The SMILES string of the molecule is Cl.O=C(CCc1ccc(Br)cc1)N1CCNCC1c1cccc(F)c1. The smallest absolute Gasteiger partial charge is 0.223 e. The molecule has 1 fully saturated rings. The van der Waals surface area contributed by atoms with Crippen molar-refractivity contribution in [2.45, 2.75) is 18.9 Å². The number of hydrogen-bond donors (Lipinski definition) is 1. The molecule has 1 amide bonds. The normalized spacial score (nSPS) is 17.0. The molecule has 1 N–H and O–H groups in total. The van der Waals surface area contributed by atoms with E-state index in [1.807, 2.05) is 35.2 Å². The molecule has 1 heterocycles. The number of piperazine rings is 1. The fourth-order valence-corrected chi connectivity index (χ4v) is 3.32. The number of nitrogens with one attached hydrogen (secondary N) is 1. The lowest BCUT2D eigenvalue weighted by molar-refractivity contribution is -0.134. The van der Waals surface area contributed by atoms with E-state index in [0.717, 1.165) is 22.1 Å². The van der Waals surface area contributed by atoms with Crippen molar-refractivity contribution in [2.24, 2.45) is 0 Å². The van der Waals surface area contributed by atoms with E-state index in [0.29, 0.717) is 25.9 Å². The number of carbonyl (C=O) groups is 1. The van der Waals surface area contributed by atoms with E-state index in [-0.39, 0.29) is 30.2 Å². The first kappa shape index (κ1) is 19.9. The van der Waals surface area contributed by atoms with E-state index in [4.69, 9.17) is 0 Å². The van der Waals surface area contributed by atoms with Crippen LogP contribution in [0.3, 0.4) is 0 Å². The van der Waals surface area contributed by atoms with E-state index >= 15 is 0 Å². The van der Waals surface area contributed by atoms with Crippen molar-refractivity contribution in [1.82, 2.24) is 10.2 Å². The Morgan fingerprint density at radius 2 is 2.00 bits per heavy atom. The summed E-state index contributed by atoms with van der Waals surface area (Å²) < 4.78 is 14.6. The third kappa shape index (κ3) is 5.27. The third-order valence-corrected chi connectivity index (χ3v) is 4.87. The summed E-state index contributed by atoms with van der Waals surface area (Å²) in [5.74, 6) is -0.144. The predicted molar refractivity (Wildman–Crippen MR) is 103 cm³/mol. The Morgan fingerprint density at radius 1 is 1.24 bits per heavy atom. The fraction of sp³-hybridized carbons (Fsp3) is 0.316. The lowest BCUT2D eigenvalue weighted by Crippen LogP contribution is -2.48. The lowest BCUT2D eigenvalue weighted by atomic mass is 10.0. The molecule has 1 aliphatic rings. The molecule has 3 nitrogen and oxygen atoms in total. The van der Waals surface area contributed by atoms with Gasteiger partial charge in [0.1, 0.15) is 5.82 Å². The zero-order valence-corrected chi connectivity index (χ0v) is 16.2. The van der Waals surface area contributed by atoms with E-state index in [9.17, 15) is 9.18 Å². The number of rotatable bonds is 4. The van der Waals surface area contributed by atoms with E-state index in [1.54, 1.807) is 6.07 Å². The van der Waals surface area contributed by atoms with Gasteiger partial charge in [0.25, 0.3) is 0 Å². The van der Waals surface area contributed by atoms with Crippen LogP contribution in [0.1, 0.15) is 23.6 Å². The van der Waals surface area contributed by atoms with Crippen LogP contribution in [0.2, 0.25) is 0 Å². The van der Waals surface area contributed by atoms with Crippen LogP contribution in [0.4, 0.5) is 4.39 Å². The second-order valence-electron chi connectivity index (χ2n) is 5.99. The van der Waals surface area contributed by atoms with Crippen LogP contribution in [-0.2, 0) is 11.2 Å². The number of hydrogen-bond acceptors (Lipinski definition) is 2. The van der Waals surface area contributed by atoms with Crippen LogP contribution < -0.4 is 5.32 Å². The molecule has 0 bridgehead atoms. The molecule has 2 aromatic rings. The largest absolute Gasteiger partial charge is 0.333 e. The van der Waals surface area contributed by atoms with Gasteiger partial charge in [-0.05, 0) is 41.8 Å². The van der Waals surface area contributed by atoms with Gasteiger partial charge in [-0.1, -0.05) is 40.2 Å². The van der Waals surface area contributed by atoms with Crippen molar-refractivity contribution in [1.29, 1.82) is 0 Å². The van der Waals surface area contributed by atoms with Crippen molar-refractivity contribution in [3.63, 3.8) is 0 Å².